The van der Waals surface area contributed by atoms with Gasteiger partial charge in [-0.15, -0.1) is 11.3 Å². The number of carbonyl (C=O) groups is 1. The summed E-state index contributed by atoms with van der Waals surface area (Å²) in [6.07, 6.45) is 2.71. The zero-order valence-corrected chi connectivity index (χ0v) is 22.1. The van der Waals surface area contributed by atoms with Crippen molar-refractivity contribution in [3.63, 3.8) is 0 Å². The number of likely N-dealkylation sites (tertiary alicyclic amines) is 1. The fourth-order valence-corrected chi connectivity index (χ4v) is 6.29. The molecule has 1 fully saturated rings. The lowest BCUT2D eigenvalue weighted by molar-refractivity contribution is -0.127. The van der Waals surface area contributed by atoms with Crippen LogP contribution in [0.4, 0.5) is 9.52 Å². The van der Waals surface area contributed by atoms with Gasteiger partial charge in [-0.3, -0.25) is 14.9 Å². The first-order chi connectivity index (χ1) is 17.6. The van der Waals surface area contributed by atoms with E-state index in [2.05, 4.69) is 9.71 Å². The molecule has 1 amide bonds. The normalized spacial score (nSPS) is 15.3. The third-order valence-electron chi connectivity index (χ3n) is 6.14. The zero-order chi connectivity index (χ0) is 26.7. The molecule has 1 aromatic heterocycles. The second kappa shape index (κ2) is 11.0. The molecule has 37 heavy (non-hydrogen) atoms. The summed E-state index contributed by atoms with van der Waals surface area (Å²) in [6.45, 7) is 1.98. The first-order valence-electron chi connectivity index (χ1n) is 11.3. The zero-order valence-electron chi connectivity index (χ0n) is 19.7. The van der Waals surface area contributed by atoms with Crippen molar-refractivity contribution >= 4 is 49.7 Å². The summed E-state index contributed by atoms with van der Waals surface area (Å²) in [7, 11) is -3.75. The number of rotatable bonds is 7. The van der Waals surface area contributed by atoms with Crippen molar-refractivity contribution in [3.8, 4) is 0 Å². The summed E-state index contributed by atoms with van der Waals surface area (Å²) in [5.74, 6) is -1.62. The molecule has 0 aliphatic carbocycles. The number of amides is 1. The van der Waals surface area contributed by atoms with Crippen molar-refractivity contribution in [1.82, 2.24) is 9.88 Å². The SMILES string of the molecule is C/C(O)=C(/C(=N)c1c(F)cccc1Cl)C(=O)N1CCC(c2ccc(S(=O)(=O)Nc3nccs3)cc2)CC1. The lowest BCUT2D eigenvalue weighted by Crippen LogP contribution is -2.40. The number of nitrogens with one attached hydrogen (secondary N) is 2. The van der Waals surface area contributed by atoms with Gasteiger partial charge in [0, 0.05) is 24.7 Å². The van der Waals surface area contributed by atoms with Crippen LogP contribution < -0.4 is 4.72 Å². The highest BCUT2D eigenvalue weighted by atomic mass is 35.5. The number of aromatic nitrogens is 1. The number of nitrogens with zero attached hydrogens (tertiary/aromatic N) is 2. The largest absolute Gasteiger partial charge is 0.512 e. The first-order valence-corrected chi connectivity index (χ1v) is 14.1. The number of piperidine rings is 1. The van der Waals surface area contributed by atoms with Crippen molar-refractivity contribution in [2.45, 2.75) is 30.6 Å². The van der Waals surface area contributed by atoms with Gasteiger partial charge in [0.1, 0.15) is 17.1 Å². The van der Waals surface area contributed by atoms with Crippen LogP contribution in [0.3, 0.4) is 0 Å². The molecule has 1 saturated heterocycles. The van der Waals surface area contributed by atoms with Crippen LogP contribution in [-0.4, -0.2) is 48.1 Å². The molecular formula is C25H24ClFN4O4S2. The van der Waals surface area contributed by atoms with E-state index in [1.165, 1.54) is 53.6 Å². The lowest BCUT2D eigenvalue weighted by atomic mass is 9.89. The van der Waals surface area contributed by atoms with E-state index in [-0.39, 0.29) is 37.9 Å². The molecule has 3 aromatic rings. The van der Waals surface area contributed by atoms with Gasteiger partial charge in [-0.05, 0) is 55.5 Å². The topological polar surface area (TPSA) is 123 Å². The number of aliphatic hydroxyl groups excluding tert-OH is 1. The Morgan fingerprint density at radius 1 is 1.22 bits per heavy atom. The van der Waals surface area contributed by atoms with Crippen LogP contribution >= 0.6 is 22.9 Å². The molecule has 12 heteroatoms. The molecule has 3 N–H and O–H groups in total. The van der Waals surface area contributed by atoms with Crippen LogP contribution in [0, 0.1) is 11.2 Å². The summed E-state index contributed by atoms with van der Waals surface area (Å²) < 4.78 is 41.9. The average molecular weight is 563 g/mol. The standard InChI is InChI=1S/C25H24ClFN4O4S2/c1-15(32)21(23(28)22-19(26)3-2-4-20(22)27)24(33)31-12-9-17(10-13-31)16-5-7-18(8-6-16)37(34,35)30-25-29-11-14-36-25/h2-8,11,14,17,28,32H,9-10,12-13H2,1H3,(H,29,30)/b21-15+,28-23?. The lowest BCUT2D eigenvalue weighted by Gasteiger charge is -2.33. The van der Waals surface area contributed by atoms with Gasteiger partial charge >= 0.3 is 0 Å². The fraction of sp³-hybridized carbons (Fsp3) is 0.240. The molecule has 1 aliphatic rings. The smallest absolute Gasteiger partial charge is 0.263 e. The van der Waals surface area contributed by atoms with Crippen molar-refractivity contribution in [1.29, 1.82) is 5.41 Å². The Hall–Kier alpha value is -3.28. The summed E-state index contributed by atoms with van der Waals surface area (Å²) in [6, 6.07) is 10.6. The van der Waals surface area contributed by atoms with Gasteiger partial charge in [-0.25, -0.2) is 17.8 Å². The van der Waals surface area contributed by atoms with Crippen LogP contribution in [-0.2, 0) is 14.8 Å². The van der Waals surface area contributed by atoms with Crippen molar-refractivity contribution < 1.29 is 22.7 Å². The summed E-state index contributed by atoms with van der Waals surface area (Å²) in [5, 5.41) is 20.5. The molecule has 1 aliphatic heterocycles. The van der Waals surface area contributed by atoms with E-state index < -0.39 is 27.5 Å². The number of carbonyl (C=O) groups excluding carboxylic acids is 1. The number of sulfonamides is 1. The highest BCUT2D eigenvalue weighted by Gasteiger charge is 2.31. The molecule has 0 saturated carbocycles. The Labute approximate surface area is 223 Å². The number of hydrogen-bond acceptors (Lipinski definition) is 7. The van der Waals surface area contributed by atoms with Crippen molar-refractivity contribution in [2.75, 3.05) is 17.8 Å². The van der Waals surface area contributed by atoms with Crippen molar-refractivity contribution in [3.05, 3.63) is 87.3 Å². The Morgan fingerprint density at radius 2 is 1.89 bits per heavy atom. The summed E-state index contributed by atoms with van der Waals surface area (Å²) in [5.41, 5.74) is -0.0680. The molecule has 2 aromatic carbocycles. The molecule has 0 atom stereocenters. The van der Waals surface area contributed by atoms with Crippen LogP contribution in [0.25, 0.3) is 0 Å². The predicted molar refractivity (Wildman–Crippen MR) is 141 cm³/mol. The first kappa shape index (κ1) is 26.8. The molecule has 194 valence electrons. The quantitative estimate of drug-likeness (QED) is 0.204. The molecule has 0 radical (unpaired) electrons. The Morgan fingerprint density at radius 3 is 2.46 bits per heavy atom. The number of benzene rings is 2. The maximum absolute atomic E-state index is 14.4. The van der Waals surface area contributed by atoms with E-state index in [1.54, 1.807) is 17.5 Å². The molecular weight excluding hydrogens is 539 g/mol. The van der Waals surface area contributed by atoms with Crippen LogP contribution in [0.2, 0.25) is 5.02 Å². The van der Waals surface area contributed by atoms with Gasteiger partial charge < -0.3 is 10.0 Å². The predicted octanol–water partition coefficient (Wildman–Crippen LogP) is 5.34. The van der Waals surface area contributed by atoms with Gasteiger partial charge in [0.05, 0.1) is 21.2 Å². The molecule has 2 heterocycles. The van der Waals surface area contributed by atoms with Gasteiger partial charge in [0.25, 0.3) is 15.9 Å². The summed E-state index contributed by atoms with van der Waals surface area (Å²) >= 11 is 7.26. The van der Waals surface area contributed by atoms with E-state index in [0.717, 1.165) is 11.6 Å². The van der Waals surface area contributed by atoms with Gasteiger partial charge in [-0.2, -0.15) is 0 Å². The molecule has 8 nitrogen and oxygen atoms in total. The Bertz CT molecular complexity index is 1430. The van der Waals surface area contributed by atoms with E-state index in [9.17, 15) is 22.7 Å². The van der Waals surface area contributed by atoms with E-state index >= 15 is 0 Å². The van der Waals surface area contributed by atoms with E-state index in [0.29, 0.717) is 25.9 Å². The third-order valence-corrected chi connectivity index (χ3v) is 8.62. The minimum Gasteiger partial charge on any atom is -0.512 e. The second-order valence-electron chi connectivity index (χ2n) is 8.51. The molecule has 0 spiro atoms. The Balaban J connectivity index is 1.43. The highest BCUT2D eigenvalue weighted by molar-refractivity contribution is 7.93. The minimum atomic E-state index is -3.75. The van der Waals surface area contributed by atoms with E-state index in [4.69, 9.17) is 17.0 Å². The van der Waals surface area contributed by atoms with Crippen molar-refractivity contribution in [2.24, 2.45) is 0 Å². The number of allylic oxidation sites excluding steroid dienone is 1. The number of hydrogen-bond donors (Lipinski definition) is 3. The third kappa shape index (κ3) is 5.84. The summed E-state index contributed by atoms with van der Waals surface area (Å²) in [4.78, 5) is 18.8. The van der Waals surface area contributed by atoms with E-state index in [1.807, 2.05) is 0 Å². The second-order valence-corrected chi connectivity index (χ2v) is 11.5. The minimum absolute atomic E-state index is 0.0254. The van der Waals surface area contributed by atoms with Gasteiger partial charge in [0.15, 0.2) is 5.13 Å². The monoisotopic (exact) mass is 562 g/mol. The van der Waals surface area contributed by atoms with Gasteiger partial charge in [-0.1, -0.05) is 29.8 Å². The van der Waals surface area contributed by atoms with Crippen LogP contribution in [0.5, 0.6) is 0 Å². The van der Waals surface area contributed by atoms with Crippen LogP contribution in [0.1, 0.15) is 36.8 Å². The highest BCUT2D eigenvalue weighted by Crippen LogP contribution is 2.31. The van der Waals surface area contributed by atoms with Gasteiger partial charge in [0.2, 0.25) is 0 Å². The average Bonchev–Trinajstić information content (AvgIpc) is 3.36. The molecule has 0 unspecified atom stereocenters. The number of halogens is 2. The number of anilines is 1. The number of aliphatic hydroxyl groups is 1. The van der Waals surface area contributed by atoms with Crippen LogP contribution in [0.15, 0.2) is 70.3 Å². The maximum Gasteiger partial charge on any atom is 0.263 e. The number of thiazole rings is 1. The fourth-order valence-electron chi connectivity index (χ4n) is 4.25. The Kier molecular flexibility index (Phi) is 7.96. The molecule has 0 bridgehead atoms. The molecule has 4 rings (SSSR count). The maximum atomic E-state index is 14.4.